The van der Waals surface area contributed by atoms with E-state index in [1.54, 1.807) is 0 Å². The number of amides is 2. The van der Waals surface area contributed by atoms with Crippen LogP contribution < -0.4 is 10.9 Å². The number of halogens is 1. The lowest BCUT2D eigenvalue weighted by Gasteiger charge is -2.07. The molecule has 0 aliphatic heterocycles. The summed E-state index contributed by atoms with van der Waals surface area (Å²) in [6, 6.07) is 4.81. The third kappa shape index (κ3) is 4.59. The first kappa shape index (κ1) is 16.1. The van der Waals surface area contributed by atoms with E-state index in [-0.39, 0.29) is 24.2 Å². The van der Waals surface area contributed by atoms with E-state index in [0.717, 1.165) is 18.3 Å². The first-order chi connectivity index (χ1) is 11.0. The van der Waals surface area contributed by atoms with Crippen LogP contribution in [0.4, 0.5) is 10.1 Å². The van der Waals surface area contributed by atoms with E-state index in [1.165, 1.54) is 23.0 Å². The molecular formula is C13H12FN5O4. The molecule has 0 saturated carbocycles. The van der Waals surface area contributed by atoms with Crippen molar-refractivity contribution in [2.24, 2.45) is 0 Å². The molecule has 0 aliphatic carbocycles. The highest BCUT2D eigenvalue weighted by Crippen LogP contribution is 2.07. The molecule has 0 fully saturated rings. The summed E-state index contributed by atoms with van der Waals surface area (Å²) >= 11 is 0. The molecule has 2 N–H and O–H groups in total. The van der Waals surface area contributed by atoms with Gasteiger partial charge >= 0.3 is 5.69 Å². The fourth-order valence-corrected chi connectivity index (χ4v) is 1.65. The standard InChI is InChI=1S/C13H12FN5O4/c14-10-3-1-9(2-4-10)13(21)17-16-12(20)5-6-18-8-11(7-15-18)19(22)23/h1-4,7-8H,5-6H2,(H,16,20)(H,17,21). The maximum absolute atomic E-state index is 12.7. The van der Waals surface area contributed by atoms with E-state index in [9.17, 15) is 24.1 Å². The van der Waals surface area contributed by atoms with Gasteiger partial charge < -0.3 is 0 Å². The highest BCUT2D eigenvalue weighted by molar-refractivity contribution is 5.95. The number of rotatable bonds is 5. The topological polar surface area (TPSA) is 119 Å². The van der Waals surface area contributed by atoms with Crippen LogP contribution in [0.25, 0.3) is 0 Å². The summed E-state index contributed by atoms with van der Waals surface area (Å²) in [7, 11) is 0. The summed E-state index contributed by atoms with van der Waals surface area (Å²) in [4.78, 5) is 33.2. The number of nitrogens with one attached hydrogen (secondary N) is 2. The first-order valence-corrected chi connectivity index (χ1v) is 6.47. The van der Waals surface area contributed by atoms with Gasteiger partial charge in [0, 0.05) is 12.0 Å². The zero-order chi connectivity index (χ0) is 16.8. The lowest BCUT2D eigenvalue weighted by atomic mass is 10.2. The van der Waals surface area contributed by atoms with E-state index in [2.05, 4.69) is 16.0 Å². The number of benzene rings is 1. The molecule has 1 aromatic carbocycles. The van der Waals surface area contributed by atoms with Gasteiger partial charge in [0.1, 0.15) is 18.2 Å². The number of hydrogen-bond donors (Lipinski definition) is 2. The average molecular weight is 321 g/mol. The molecule has 9 nitrogen and oxygen atoms in total. The Balaban J connectivity index is 1.77. The van der Waals surface area contributed by atoms with Crippen LogP contribution in [0.1, 0.15) is 16.8 Å². The molecule has 2 amide bonds. The van der Waals surface area contributed by atoms with Crippen molar-refractivity contribution >= 4 is 17.5 Å². The van der Waals surface area contributed by atoms with Crippen LogP contribution in [0.15, 0.2) is 36.7 Å². The Kier molecular flexibility index (Phi) is 4.97. The first-order valence-electron chi connectivity index (χ1n) is 6.47. The summed E-state index contributed by atoms with van der Waals surface area (Å²) in [5.74, 6) is -1.56. The van der Waals surface area contributed by atoms with Crippen LogP contribution in [-0.4, -0.2) is 26.5 Å². The van der Waals surface area contributed by atoms with E-state index >= 15 is 0 Å². The van der Waals surface area contributed by atoms with Crippen molar-refractivity contribution in [3.8, 4) is 0 Å². The summed E-state index contributed by atoms with van der Waals surface area (Å²) in [6.45, 7) is 0.117. The maximum Gasteiger partial charge on any atom is 0.306 e. The normalized spacial score (nSPS) is 10.1. The molecule has 2 rings (SSSR count). The smallest absolute Gasteiger partial charge is 0.273 e. The van der Waals surface area contributed by atoms with Crippen molar-refractivity contribution in [3.05, 3.63) is 58.2 Å². The SMILES string of the molecule is O=C(CCn1cc([N+](=O)[O-])cn1)NNC(=O)c1ccc(F)cc1. The van der Waals surface area contributed by atoms with Gasteiger partial charge in [-0.1, -0.05) is 0 Å². The Bertz CT molecular complexity index is 728. The molecule has 1 heterocycles. The Morgan fingerprint density at radius 3 is 2.57 bits per heavy atom. The fraction of sp³-hybridized carbons (Fsp3) is 0.154. The lowest BCUT2D eigenvalue weighted by Crippen LogP contribution is -2.41. The summed E-state index contributed by atoms with van der Waals surface area (Å²) in [5.41, 5.74) is 4.39. The van der Waals surface area contributed by atoms with Crippen molar-refractivity contribution in [1.82, 2.24) is 20.6 Å². The van der Waals surface area contributed by atoms with Crippen LogP contribution in [0.2, 0.25) is 0 Å². The minimum atomic E-state index is -0.591. The summed E-state index contributed by atoms with van der Waals surface area (Å²) in [5, 5.41) is 14.2. The van der Waals surface area contributed by atoms with Gasteiger partial charge in [-0.2, -0.15) is 5.10 Å². The summed E-state index contributed by atoms with van der Waals surface area (Å²) < 4.78 is 14.0. The molecule has 2 aromatic rings. The van der Waals surface area contributed by atoms with Gasteiger partial charge in [-0.15, -0.1) is 0 Å². The van der Waals surface area contributed by atoms with Crippen molar-refractivity contribution in [1.29, 1.82) is 0 Å². The number of aryl methyl sites for hydroxylation is 1. The van der Waals surface area contributed by atoms with Crippen molar-refractivity contribution < 1.29 is 18.9 Å². The van der Waals surface area contributed by atoms with Crippen LogP contribution >= 0.6 is 0 Å². The zero-order valence-corrected chi connectivity index (χ0v) is 11.7. The third-order valence-electron chi connectivity index (χ3n) is 2.82. The van der Waals surface area contributed by atoms with Gasteiger partial charge in [0.25, 0.3) is 5.91 Å². The van der Waals surface area contributed by atoms with Crippen LogP contribution in [0.5, 0.6) is 0 Å². The van der Waals surface area contributed by atoms with Crippen LogP contribution in [-0.2, 0) is 11.3 Å². The van der Waals surface area contributed by atoms with Crippen LogP contribution in [0, 0.1) is 15.9 Å². The molecule has 0 spiro atoms. The van der Waals surface area contributed by atoms with Crippen molar-refractivity contribution in [3.63, 3.8) is 0 Å². The van der Waals surface area contributed by atoms with E-state index in [4.69, 9.17) is 0 Å². The minimum absolute atomic E-state index is 0.0392. The van der Waals surface area contributed by atoms with Gasteiger partial charge in [0.05, 0.1) is 11.5 Å². The Hall–Kier alpha value is -3.30. The Morgan fingerprint density at radius 1 is 1.26 bits per heavy atom. The number of carbonyl (C=O) groups is 2. The molecule has 0 unspecified atom stereocenters. The zero-order valence-electron chi connectivity index (χ0n) is 11.7. The highest BCUT2D eigenvalue weighted by Gasteiger charge is 2.11. The van der Waals surface area contributed by atoms with E-state index in [1.807, 2.05) is 0 Å². The molecule has 23 heavy (non-hydrogen) atoms. The molecule has 10 heteroatoms. The average Bonchev–Trinajstić information content (AvgIpc) is 3.00. The molecule has 0 atom stereocenters. The second kappa shape index (κ2) is 7.11. The second-order valence-corrected chi connectivity index (χ2v) is 4.48. The third-order valence-corrected chi connectivity index (χ3v) is 2.82. The van der Waals surface area contributed by atoms with Crippen LogP contribution in [0.3, 0.4) is 0 Å². The minimum Gasteiger partial charge on any atom is -0.273 e. The van der Waals surface area contributed by atoms with Gasteiger partial charge in [-0.3, -0.25) is 35.2 Å². The number of aromatic nitrogens is 2. The predicted octanol–water partition coefficient (Wildman–Crippen LogP) is 0.782. The van der Waals surface area contributed by atoms with E-state index < -0.39 is 22.6 Å². The molecular weight excluding hydrogens is 309 g/mol. The molecule has 0 radical (unpaired) electrons. The molecule has 120 valence electrons. The van der Waals surface area contributed by atoms with Gasteiger partial charge in [-0.05, 0) is 24.3 Å². The largest absolute Gasteiger partial charge is 0.306 e. The monoisotopic (exact) mass is 321 g/mol. The molecule has 1 aromatic heterocycles. The van der Waals surface area contributed by atoms with Crippen molar-refractivity contribution in [2.45, 2.75) is 13.0 Å². The maximum atomic E-state index is 12.7. The highest BCUT2D eigenvalue weighted by atomic mass is 19.1. The van der Waals surface area contributed by atoms with E-state index in [0.29, 0.717) is 0 Å². The quantitative estimate of drug-likeness (QED) is 0.623. The van der Waals surface area contributed by atoms with Gasteiger partial charge in [-0.25, -0.2) is 4.39 Å². The number of carbonyl (C=O) groups excluding carboxylic acids is 2. The number of nitro groups is 1. The Labute approximate surface area is 129 Å². The molecule has 0 saturated heterocycles. The predicted molar refractivity (Wildman–Crippen MR) is 75.5 cm³/mol. The number of nitrogens with zero attached hydrogens (tertiary/aromatic N) is 3. The molecule has 0 bridgehead atoms. The number of hydrazine groups is 1. The fourth-order valence-electron chi connectivity index (χ4n) is 1.65. The lowest BCUT2D eigenvalue weighted by molar-refractivity contribution is -0.385. The van der Waals surface area contributed by atoms with Crippen molar-refractivity contribution in [2.75, 3.05) is 0 Å². The number of hydrogen-bond acceptors (Lipinski definition) is 5. The van der Waals surface area contributed by atoms with Gasteiger partial charge in [0.15, 0.2) is 0 Å². The molecule has 0 aliphatic rings. The summed E-state index contributed by atoms with van der Waals surface area (Å²) in [6.07, 6.45) is 2.24. The second-order valence-electron chi connectivity index (χ2n) is 4.48. The Morgan fingerprint density at radius 2 is 1.96 bits per heavy atom. The van der Waals surface area contributed by atoms with Gasteiger partial charge in [0.2, 0.25) is 5.91 Å².